The Labute approximate surface area is 150 Å². The number of benzene rings is 1. The molecule has 0 spiro atoms. The summed E-state index contributed by atoms with van der Waals surface area (Å²) in [6, 6.07) is 17.7. The highest BCUT2D eigenvalue weighted by atomic mass is 14.4. The zero-order chi connectivity index (χ0) is 19.1. The van der Waals surface area contributed by atoms with Crippen LogP contribution in [-0.2, 0) is 0 Å². The maximum absolute atomic E-state index is 9.43. The second-order valence-electron chi connectivity index (χ2n) is 7.29. The van der Waals surface area contributed by atoms with Gasteiger partial charge in [0, 0.05) is 11.3 Å². The predicted octanol–water partition coefficient (Wildman–Crippen LogP) is 4.71. The van der Waals surface area contributed by atoms with E-state index >= 15 is 0 Å². The molecule has 0 radical (unpaired) electrons. The molecule has 0 aliphatic rings. The standard InChI is InChI=1S/C21H22N4/c1-20(2,18(14-24)15-25)10-11-21(3,4)19(17(12-22)13-23)16-8-6-5-7-9-16/h5-11,17-19H,1-4H3/b11-10+. The van der Waals surface area contributed by atoms with Crippen molar-refractivity contribution in [1.82, 2.24) is 0 Å². The average molecular weight is 330 g/mol. The van der Waals surface area contributed by atoms with E-state index in [0.29, 0.717) is 0 Å². The molecule has 0 heterocycles. The molecule has 0 aliphatic heterocycles. The molecule has 4 heteroatoms. The van der Waals surface area contributed by atoms with Crippen molar-refractivity contribution in [3.63, 3.8) is 0 Å². The first-order chi connectivity index (χ1) is 11.7. The van der Waals surface area contributed by atoms with Crippen LogP contribution in [0.2, 0.25) is 0 Å². The number of allylic oxidation sites excluding steroid dienone is 2. The fourth-order valence-corrected chi connectivity index (χ4v) is 2.88. The van der Waals surface area contributed by atoms with Crippen molar-refractivity contribution in [1.29, 1.82) is 21.0 Å². The van der Waals surface area contributed by atoms with E-state index in [9.17, 15) is 10.5 Å². The van der Waals surface area contributed by atoms with Crippen LogP contribution >= 0.6 is 0 Å². The third-order valence-electron chi connectivity index (χ3n) is 4.52. The first-order valence-corrected chi connectivity index (χ1v) is 8.07. The van der Waals surface area contributed by atoms with E-state index < -0.39 is 22.7 Å². The molecule has 1 aromatic carbocycles. The molecule has 0 aliphatic carbocycles. The predicted molar refractivity (Wildman–Crippen MR) is 95.3 cm³/mol. The molecule has 0 saturated carbocycles. The van der Waals surface area contributed by atoms with Gasteiger partial charge in [0.1, 0.15) is 11.8 Å². The van der Waals surface area contributed by atoms with Crippen molar-refractivity contribution in [3.8, 4) is 24.3 Å². The van der Waals surface area contributed by atoms with Crippen LogP contribution in [0.15, 0.2) is 42.5 Å². The van der Waals surface area contributed by atoms with Crippen LogP contribution in [0, 0.1) is 68.0 Å². The highest BCUT2D eigenvalue weighted by Gasteiger charge is 2.37. The summed E-state index contributed by atoms with van der Waals surface area (Å²) >= 11 is 0. The van der Waals surface area contributed by atoms with Crippen molar-refractivity contribution in [2.45, 2.75) is 33.6 Å². The molecule has 4 nitrogen and oxygen atoms in total. The van der Waals surface area contributed by atoms with Crippen molar-refractivity contribution < 1.29 is 0 Å². The Balaban J connectivity index is 3.33. The zero-order valence-corrected chi connectivity index (χ0v) is 15.1. The summed E-state index contributed by atoms with van der Waals surface area (Å²) in [7, 11) is 0. The fraction of sp³-hybridized carbons (Fsp3) is 0.429. The summed E-state index contributed by atoms with van der Waals surface area (Å²) in [6.45, 7) is 7.60. The minimum absolute atomic E-state index is 0.321. The molecule has 1 aromatic rings. The number of nitriles is 4. The minimum atomic E-state index is -0.798. The monoisotopic (exact) mass is 330 g/mol. The molecule has 1 unspecified atom stereocenters. The fourth-order valence-electron chi connectivity index (χ4n) is 2.88. The van der Waals surface area contributed by atoms with Gasteiger partial charge in [-0.05, 0) is 11.0 Å². The summed E-state index contributed by atoms with van der Waals surface area (Å²) in [5.74, 6) is -1.89. The molecule has 0 saturated heterocycles. The smallest absolute Gasteiger partial charge is 0.141 e. The molecule has 126 valence electrons. The first-order valence-electron chi connectivity index (χ1n) is 8.07. The third kappa shape index (κ3) is 4.70. The van der Waals surface area contributed by atoms with Crippen molar-refractivity contribution >= 4 is 0 Å². The lowest BCUT2D eigenvalue weighted by Crippen LogP contribution is -2.27. The molecule has 0 fully saturated rings. The van der Waals surface area contributed by atoms with Gasteiger partial charge in [-0.2, -0.15) is 21.0 Å². The van der Waals surface area contributed by atoms with Gasteiger partial charge < -0.3 is 0 Å². The second kappa shape index (κ2) is 8.15. The number of hydrogen-bond acceptors (Lipinski definition) is 4. The lowest BCUT2D eigenvalue weighted by molar-refractivity contribution is 0.331. The van der Waals surface area contributed by atoms with Crippen molar-refractivity contribution in [3.05, 3.63) is 48.0 Å². The Morgan fingerprint density at radius 3 is 1.68 bits per heavy atom. The van der Waals surface area contributed by atoms with Gasteiger partial charge in [0.25, 0.3) is 0 Å². The molecular weight excluding hydrogens is 308 g/mol. The highest BCUT2D eigenvalue weighted by Crippen LogP contribution is 2.43. The number of hydrogen-bond donors (Lipinski definition) is 0. The summed E-state index contributed by atoms with van der Waals surface area (Å²) in [5.41, 5.74) is -0.221. The van der Waals surface area contributed by atoms with Crippen LogP contribution in [0.5, 0.6) is 0 Å². The van der Waals surface area contributed by atoms with Gasteiger partial charge in [-0.15, -0.1) is 0 Å². The zero-order valence-electron chi connectivity index (χ0n) is 15.1. The Morgan fingerprint density at radius 2 is 1.24 bits per heavy atom. The van der Waals surface area contributed by atoms with E-state index in [0.717, 1.165) is 5.56 Å². The van der Waals surface area contributed by atoms with Gasteiger partial charge in [0.15, 0.2) is 0 Å². The maximum Gasteiger partial charge on any atom is 0.141 e. The van der Waals surface area contributed by atoms with Crippen LogP contribution in [-0.4, -0.2) is 0 Å². The lowest BCUT2D eigenvalue weighted by Gasteiger charge is -2.34. The summed E-state index contributed by atoms with van der Waals surface area (Å²) in [4.78, 5) is 0. The van der Waals surface area contributed by atoms with E-state index in [4.69, 9.17) is 10.5 Å². The van der Waals surface area contributed by atoms with Gasteiger partial charge in [-0.25, -0.2) is 0 Å². The minimum Gasteiger partial charge on any atom is -0.197 e. The van der Waals surface area contributed by atoms with Crippen molar-refractivity contribution in [2.24, 2.45) is 22.7 Å². The second-order valence-corrected chi connectivity index (χ2v) is 7.29. The molecule has 0 amide bonds. The summed E-state index contributed by atoms with van der Waals surface area (Å²) < 4.78 is 0. The van der Waals surface area contributed by atoms with Crippen LogP contribution in [0.4, 0.5) is 0 Å². The Kier molecular flexibility index (Phi) is 6.51. The summed E-state index contributed by atoms with van der Waals surface area (Å²) in [5, 5.41) is 37.2. The van der Waals surface area contributed by atoms with E-state index in [2.05, 4.69) is 12.1 Å². The highest BCUT2D eigenvalue weighted by molar-refractivity contribution is 5.30. The lowest BCUT2D eigenvalue weighted by atomic mass is 9.67. The van der Waals surface area contributed by atoms with E-state index in [1.165, 1.54) is 0 Å². The molecule has 1 rings (SSSR count). The normalized spacial score (nSPS) is 13.0. The molecule has 0 aromatic heterocycles. The molecular formula is C21H22N4. The first kappa shape index (κ1) is 20.0. The van der Waals surface area contributed by atoms with E-state index in [1.54, 1.807) is 0 Å². The summed E-state index contributed by atoms with van der Waals surface area (Å²) in [6.07, 6.45) is 3.78. The largest absolute Gasteiger partial charge is 0.197 e. The molecule has 1 atom stereocenters. The van der Waals surface area contributed by atoms with Crippen LogP contribution < -0.4 is 0 Å². The van der Waals surface area contributed by atoms with Crippen LogP contribution in [0.1, 0.15) is 39.2 Å². The van der Waals surface area contributed by atoms with Gasteiger partial charge in [0.05, 0.1) is 24.3 Å². The quantitative estimate of drug-likeness (QED) is 0.706. The Morgan fingerprint density at radius 1 is 0.760 bits per heavy atom. The Hall–Kier alpha value is -3.08. The maximum atomic E-state index is 9.43. The topological polar surface area (TPSA) is 95.2 Å². The van der Waals surface area contributed by atoms with Crippen molar-refractivity contribution in [2.75, 3.05) is 0 Å². The SMILES string of the molecule is CC(C)(/C=C/C(C)(C)C(c1ccccc1)C(C#N)C#N)C(C#N)C#N. The third-order valence-corrected chi connectivity index (χ3v) is 4.52. The van der Waals surface area contributed by atoms with Gasteiger partial charge in [0.2, 0.25) is 0 Å². The van der Waals surface area contributed by atoms with Gasteiger partial charge in [-0.3, -0.25) is 0 Å². The number of nitrogens with zero attached hydrogens (tertiary/aromatic N) is 4. The Bertz CT molecular complexity index is 748. The molecule has 0 bridgehead atoms. The van der Waals surface area contributed by atoms with Gasteiger partial charge in [-0.1, -0.05) is 70.2 Å². The number of rotatable bonds is 6. The van der Waals surface area contributed by atoms with Gasteiger partial charge >= 0.3 is 0 Å². The van der Waals surface area contributed by atoms with Crippen LogP contribution in [0.3, 0.4) is 0 Å². The van der Waals surface area contributed by atoms with Crippen LogP contribution in [0.25, 0.3) is 0 Å². The average Bonchev–Trinajstić information content (AvgIpc) is 2.59. The van der Waals surface area contributed by atoms with E-state index in [1.807, 2.05) is 82.3 Å². The van der Waals surface area contributed by atoms with E-state index in [-0.39, 0.29) is 5.92 Å². The molecule has 0 N–H and O–H groups in total. The molecule has 25 heavy (non-hydrogen) atoms.